The van der Waals surface area contributed by atoms with Gasteiger partial charge in [-0.2, -0.15) is 0 Å². The van der Waals surface area contributed by atoms with E-state index < -0.39 is 28.5 Å². The van der Waals surface area contributed by atoms with Gasteiger partial charge < -0.3 is 19.7 Å². The van der Waals surface area contributed by atoms with Crippen LogP contribution in [0.25, 0.3) is 0 Å². The number of amides is 2. The van der Waals surface area contributed by atoms with Crippen LogP contribution in [0.5, 0.6) is 11.5 Å². The molecule has 9 nitrogen and oxygen atoms in total. The van der Waals surface area contributed by atoms with E-state index in [2.05, 4.69) is 5.32 Å². The van der Waals surface area contributed by atoms with E-state index in [0.29, 0.717) is 17.2 Å². The summed E-state index contributed by atoms with van der Waals surface area (Å²) in [5.41, 5.74) is 1.90. The molecule has 0 radical (unpaired) electrons. The Hall–Kier alpha value is -4.83. The highest BCUT2D eigenvalue weighted by molar-refractivity contribution is 7.92. The van der Waals surface area contributed by atoms with E-state index >= 15 is 0 Å². The van der Waals surface area contributed by atoms with Crippen molar-refractivity contribution in [2.45, 2.75) is 43.8 Å². The molecule has 1 N–H and O–H groups in total. The number of anilines is 1. The third-order valence-electron chi connectivity index (χ3n) is 7.16. The Morgan fingerprint density at radius 2 is 1.36 bits per heavy atom. The molecule has 0 heterocycles. The summed E-state index contributed by atoms with van der Waals surface area (Å²) in [7, 11) is -1.15. The molecule has 4 aromatic rings. The number of benzene rings is 4. The quantitative estimate of drug-likeness (QED) is 0.209. The minimum absolute atomic E-state index is 0.00214. The number of carbonyl (C=O) groups is 2. The number of para-hydroxylation sites is 1. The Labute approximate surface area is 265 Å². The van der Waals surface area contributed by atoms with Crippen molar-refractivity contribution in [1.29, 1.82) is 0 Å². The van der Waals surface area contributed by atoms with Crippen LogP contribution in [0.15, 0.2) is 114 Å². The molecule has 0 aliphatic rings. The molecule has 0 saturated heterocycles. The first-order valence-electron chi connectivity index (χ1n) is 14.6. The number of hydrogen-bond donors (Lipinski definition) is 1. The first-order valence-corrected chi connectivity index (χ1v) is 16.0. The maximum Gasteiger partial charge on any atom is 0.264 e. The Morgan fingerprint density at radius 1 is 0.756 bits per heavy atom. The zero-order valence-electron chi connectivity index (χ0n) is 25.9. The van der Waals surface area contributed by atoms with Crippen molar-refractivity contribution in [3.05, 3.63) is 120 Å². The van der Waals surface area contributed by atoms with E-state index in [9.17, 15) is 18.0 Å². The fourth-order valence-corrected chi connectivity index (χ4v) is 6.31. The van der Waals surface area contributed by atoms with Gasteiger partial charge in [0.1, 0.15) is 24.1 Å². The van der Waals surface area contributed by atoms with Crippen LogP contribution in [0.3, 0.4) is 0 Å². The van der Waals surface area contributed by atoms with Crippen molar-refractivity contribution in [1.82, 2.24) is 10.2 Å². The largest absolute Gasteiger partial charge is 0.497 e. The number of nitrogens with one attached hydrogen (secondary N) is 1. The van der Waals surface area contributed by atoms with Gasteiger partial charge in [0.2, 0.25) is 11.8 Å². The molecule has 4 aromatic carbocycles. The molecule has 0 aromatic heterocycles. The Kier molecular flexibility index (Phi) is 11.2. The topological polar surface area (TPSA) is 105 Å². The number of ether oxygens (including phenoxy) is 2. The van der Waals surface area contributed by atoms with Crippen LogP contribution in [0.1, 0.15) is 25.0 Å². The molecule has 0 bridgehead atoms. The number of carbonyl (C=O) groups excluding carboxylic acids is 2. The summed E-state index contributed by atoms with van der Waals surface area (Å²) in [4.78, 5) is 29.7. The van der Waals surface area contributed by atoms with Crippen molar-refractivity contribution in [3.8, 4) is 11.5 Å². The van der Waals surface area contributed by atoms with Crippen LogP contribution in [0, 0.1) is 0 Å². The third-order valence-corrected chi connectivity index (χ3v) is 8.95. The van der Waals surface area contributed by atoms with Crippen LogP contribution >= 0.6 is 0 Å². The first-order chi connectivity index (χ1) is 21.6. The minimum Gasteiger partial charge on any atom is -0.497 e. The normalized spacial score (nSPS) is 11.8. The van der Waals surface area contributed by atoms with Gasteiger partial charge in [-0.3, -0.25) is 13.9 Å². The summed E-state index contributed by atoms with van der Waals surface area (Å²) in [6.45, 7) is 3.21. The number of sulfonamides is 1. The van der Waals surface area contributed by atoms with Crippen molar-refractivity contribution >= 4 is 27.5 Å². The molecular formula is C35H39N3O6S. The van der Waals surface area contributed by atoms with Crippen LogP contribution in [-0.2, 0) is 32.6 Å². The smallest absolute Gasteiger partial charge is 0.264 e. The SMILES string of the molecule is COc1ccc(S(=O)(=O)N(CC(=O)N(Cc2cccc(OC)c2)C(Cc2ccccc2)C(=O)NC(C)C)c2ccccc2)cc1. The van der Waals surface area contributed by atoms with E-state index in [-0.39, 0.29) is 29.8 Å². The lowest BCUT2D eigenvalue weighted by Crippen LogP contribution is -2.54. The third kappa shape index (κ3) is 8.63. The van der Waals surface area contributed by atoms with Crippen molar-refractivity contribution < 1.29 is 27.5 Å². The van der Waals surface area contributed by atoms with Crippen LogP contribution in [0.2, 0.25) is 0 Å². The van der Waals surface area contributed by atoms with Crippen molar-refractivity contribution in [3.63, 3.8) is 0 Å². The lowest BCUT2D eigenvalue weighted by molar-refractivity contribution is -0.140. The van der Waals surface area contributed by atoms with Crippen molar-refractivity contribution in [2.24, 2.45) is 0 Å². The predicted octanol–water partition coefficient (Wildman–Crippen LogP) is 5.06. The van der Waals surface area contributed by atoms with Gasteiger partial charge in [0.05, 0.1) is 24.8 Å². The number of rotatable bonds is 14. The lowest BCUT2D eigenvalue weighted by Gasteiger charge is -2.34. The summed E-state index contributed by atoms with van der Waals surface area (Å²) in [5.74, 6) is 0.216. The van der Waals surface area contributed by atoms with E-state index in [1.807, 2.05) is 56.3 Å². The Bertz CT molecular complexity index is 1660. The molecule has 0 aliphatic carbocycles. The lowest BCUT2D eigenvalue weighted by atomic mass is 10.0. The molecule has 0 aliphatic heterocycles. The standard InChI is InChI=1S/C35H39N3O6S/c1-26(2)36-35(40)33(23-27-12-7-5-8-13-27)37(24-28-14-11-17-31(22-28)44-4)34(39)25-38(29-15-9-6-10-16-29)45(41,42)32-20-18-30(43-3)19-21-32/h5-22,26,33H,23-25H2,1-4H3,(H,36,40). The molecule has 236 valence electrons. The number of hydrogen-bond acceptors (Lipinski definition) is 6. The maximum absolute atomic E-state index is 14.5. The second-order valence-corrected chi connectivity index (χ2v) is 12.6. The number of methoxy groups -OCH3 is 2. The summed E-state index contributed by atoms with van der Waals surface area (Å²) >= 11 is 0. The van der Waals surface area contributed by atoms with Gasteiger partial charge in [-0.15, -0.1) is 0 Å². The molecule has 0 saturated carbocycles. The molecule has 1 unspecified atom stereocenters. The molecule has 1 atom stereocenters. The van der Waals surface area contributed by atoms with Gasteiger partial charge in [0.15, 0.2) is 0 Å². The van der Waals surface area contributed by atoms with Gasteiger partial charge in [0.25, 0.3) is 10.0 Å². The van der Waals surface area contributed by atoms with E-state index in [0.717, 1.165) is 15.4 Å². The molecular weight excluding hydrogens is 590 g/mol. The highest BCUT2D eigenvalue weighted by Crippen LogP contribution is 2.26. The zero-order chi connectivity index (χ0) is 32.4. The fourth-order valence-electron chi connectivity index (χ4n) is 4.90. The van der Waals surface area contributed by atoms with Crippen LogP contribution in [0.4, 0.5) is 5.69 Å². The van der Waals surface area contributed by atoms with E-state index in [1.165, 1.54) is 24.1 Å². The first kappa shape index (κ1) is 33.1. The highest BCUT2D eigenvalue weighted by Gasteiger charge is 2.34. The van der Waals surface area contributed by atoms with Gasteiger partial charge >= 0.3 is 0 Å². The summed E-state index contributed by atoms with van der Waals surface area (Å²) < 4.78 is 39.9. The zero-order valence-corrected chi connectivity index (χ0v) is 26.7. The summed E-state index contributed by atoms with van der Waals surface area (Å²) in [6.07, 6.45) is 0.228. The maximum atomic E-state index is 14.5. The van der Waals surface area contributed by atoms with Gasteiger partial charge in [-0.1, -0.05) is 60.7 Å². The molecule has 4 rings (SSSR count). The van der Waals surface area contributed by atoms with Crippen LogP contribution < -0.4 is 19.1 Å². The molecule has 10 heteroatoms. The predicted molar refractivity (Wildman–Crippen MR) is 175 cm³/mol. The molecule has 0 fully saturated rings. The second kappa shape index (κ2) is 15.3. The molecule has 0 spiro atoms. The number of nitrogens with zero attached hydrogens (tertiary/aromatic N) is 2. The summed E-state index contributed by atoms with van der Waals surface area (Å²) in [5, 5.41) is 2.96. The van der Waals surface area contributed by atoms with E-state index in [1.54, 1.807) is 61.7 Å². The van der Waals surface area contributed by atoms with Gasteiger partial charge in [-0.05, 0) is 73.5 Å². The Balaban J connectivity index is 1.79. The van der Waals surface area contributed by atoms with Crippen LogP contribution in [-0.4, -0.2) is 58.0 Å². The fraction of sp³-hybridized carbons (Fsp3) is 0.257. The molecule has 45 heavy (non-hydrogen) atoms. The van der Waals surface area contributed by atoms with Crippen molar-refractivity contribution in [2.75, 3.05) is 25.1 Å². The van der Waals surface area contributed by atoms with E-state index in [4.69, 9.17) is 9.47 Å². The monoisotopic (exact) mass is 629 g/mol. The highest BCUT2D eigenvalue weighted by atomic mass is 32.2. The molecule has 2 amide bonds. The van der Waals surface area contributed by atoms with Gasteiger partial charge in [0, 0.05) is 19.0 Å². The van der Waals surface area contributed by atoms with Gasteiger partial charge in [-0.25, -0.2) is 8.42 Å². The average molecular weight is 630 g/mol. The Morgan fingerprint density at radius 3 is 1.96 bits per heavy atom. The second-order valence-electron chi connectivity index (χ2n) is 10.8. The average Bonchev–Trinajstić information content (AvgIpc) is 3.05. The minimum atomic E-state index is -4.21. The summed E-state index contributed by atoms with van der Waals surface area (Å²) in [6, 6.07) is 30.0.